The van der Waals surface area contributed by atoms with E-state index < -0.39 is 11.7 Å². The van der Waals surface area contributed by atoms with Gasteiger partial charge in [0.25, 0.3) is 0 Å². The lowest BCUT2D eigenvalue weighted by molar-refractivity contribution is -0.138. The van der Waals surface area contributed by atoms with Gasteiger partial charge < -0.3 is 10.6 Å². The molecule has 1 aromatic carbocycles. The van der Waals surface area contributed by atoms with E-state index in [1.54, 1.807) is 0 Å². The number of carbonyl (C=O) groups excluding carboxylic acids is 1. The van der Waals surface area contributed by atoms with Crippen molar-refractivity contribution >= 4 is 5.91 Å². The van der Waals surface area contributed by atoms with Crippen molar-refractivity contribution in [2.75, 3.05) is 13.1 Å². The van der Waals surface area contributed by atoms with Crippen LogP contribution < -0.4 is 10.6 Å². The van der Waals surface area contributed by atoms with Crippen LogP contribution in [-0.4, -0.2) is 25.0 Å². The Labute approximate surface area is 121 Å². The summed E-state index contributed by atoms with van der Waals surface area (Å²) in [5.41, 5.74) is -0.720. The molecule has 0 spiro atoms. The number of halogens is 3. The maximum absolute atomic E-state index is 12.9. The van der Waals surface area contributed by atoms with E-state index in [1.165, 1.54) is 18.2 Å². The SMILES string of the molecule is CC1CNCCC1NC(=O)Cc1ccccc1C(F)(F)F. The van der Waals surface area contributed by atoms with Crippen LogP contribution in [-0.2, 0) is 17.4 Å². The molecule has 1 aromatic rings. The minimum atomic E-state index is -4.43. The van der Waals surface area contributed by atoms with Crippen molar-refractivity contribution in [3.8, 4) is 0 Å². The summed E-state index contributed by atoms with van der Waals surface area (Å²) in [6, 6.07) is 5.24. The Morgan fingerprint density at radius 1 is 1.38 bits per heavy atom. The quantitative estimate of drug-likeness (QED) is 0.900. The first-order valence-corrected chi connectivity index (χ1v) is 7.03. The molecule has 1 heterocycles. The van der Waals surface area contributed by atoms with E-state index in [9.17, 15) is 18.0 Å². The molecule has 0 aromatic heterocycles. The topological polar surface area (TPSA) is 41.1 Å². The summed E-state index contributed by atoms with van der Waals surface area (Å²) in [5, 5.41) is 6.07. The van der Waals surface area contributed by atoms with Gasteiger partial charge >= 0.3 is 6.18 Å². The summed E-state index contributed by atoms with van der Waals surface area (Å²) in [6.07, 6.45) is -3.88. The van der Waals surface area contributed by atoms with Crippen LogP contribution in [0, 0.1) is 5.92 Å². The molecule has 116 valence electrons. The molecule has 2 rings (SSSR count). The molecule has 1 fully saturated rings. The smallest absolute Gasteiger partial charge is 0.353 e. The van der Waals surface area contributed by atoms with E-state index in [-0.39, 0.29) is 29.9 Å². The van der Waals surface area contributed by atoms with E-state index in [0.29, 0.717) is 0 Å². The lowest BCUT2D eigenvalue weighted by Crippen LogP contribution is -2.48. The third-order valence-electron chi connectivity index (χ3n) is 3.81. The molecule has 3 nitrogen and oxygen atoms in total. The van der Waals surface area contributed by atoms with E-state index in [0.717, 1.165) is 25.6 Å². The zero-order chi connectivity index (χ0) is 15.5. The largest absolute Gasteiger partial charge is 0.416 e. The number of alkyl halides is 3. The Morgan fingerprint density at radius 2 is 2.10 bits per heavy atom. The summed E-state index contributed by atoms with van der Waals surface area (Å²) < 4.78 is 38.6. The minimum Gasteiger partial charge on any atom is -0.353 e. The summed E-state index contributed by atoms with van der Waals surface area (Å²) >= 11 is 0. The molecule has 2 atom stereocenters. The van der Waals surface area contributed by atoms with Crippen LogP contribution >= 0.6 is 0 Å². The van der Waals surface area contributed by atoms with Crippen molar-refractivity contribution in [1.29, 1.82) is 0 Å². The van der Waals surface area contributed by atoms with Gasteiger partial charge in [0.2, 0.25) is 5.91 Å². The predicted octanol–water partition coefficient (Wildman–Crippen LogP) is 2.36. The Balaban J connectivity index is 2.03. The second-order valence-corrected chi connectivity index (χ2v) is 5.48. The molecule has 1 aliphatic heterocycles. The summed E-state index contributed by atoms with van der Waals surface area (Å²) in [6.45, 7) is 3.64. The normalized spacial score (nSPS) is 22.9. The molecule has 2 N–H and O–H groups in total. The number of hydrogen-bond donors (Lipinski definition) is 2. The fraction of sp³-hybridized carbons (Fsp3) is 0.533. The monoisotopic (exact) mass is 300 g/mol. The van der Waals surface area contributed by atoms with Crippen LogP contribution in [0.1, 0.15) is 24.5 Å². The van der Waals surface area contributed by atoms with Crippen LogP contribution in [0.3, 0.4) is 0 Å². The van der Waals surface area contributed by atoms with Gasteiger partial charge in [-0.3, -0.25) is 4.79 Å². The second-order valence-electron chi connectivity index (χ2n) is 5.48. The van der Waals surface area contributed by atoms with Crippen molar-refractivity contribution in [2.45, 2.75) is 32.0 Å². The molecule has 6 heteroatoms. The summed E-state index contributed by atoms with van der Waals surface area (Å²) in [5.74, 6) is -0.0778. The summed E-state index contributed by atoms with van der Waals surface area (Å²) in [7, 11) is 0. The molecule has 1 saturated heterocycles. The Morgan fingerprint density at radius 3 is 2.76 bits per heavy atom. The van der Waals surface area contributed by atoms with E-state index in [1.807, 2.05) is 6.92 Å². The number of benzene rings is 1. The Hall–Kier alpha value is -1.56. The number of nitrogens with one attached hydrogen (secondary N) is 2. The highest BCUT2D eigenvalue weighted by atomic mass is 19.4. The number of amides is 1. The number of hydrogen-bond acceptors (Lipinski definition) is 2. The molecule has 0 aliphatic carbocycles. The van der Waals surface area contributed by atoms with Gasteiger partial charge in [-0.25, -0.2) is 0 Å². The first-order valence-electron chi connectivity index (χ1n) is 7.03. The first-order chi connectivity index (χ1) is 9.88. The molecule has 0 radical (unpaired) electrons. The maximum Gasteiger partial charge on any atom is 0.416 e. The van der Waals surface area contributed by atoms with Gasteiger partial charge in [0.05, 0.1) is 12.0 Å². The lowest BCUT2D eigenvalue weighted by Gasteiger charge is -2.30. The van der Waals surface area contributed by atoms with Crippen molar-refractivity contribution in [3.63, 3.8) is 0 Å². The highest BCUT2D eigenvalue weighted by molar-refractivity contribution is 5.79. The van der Waals surface area contributed by atoms with Crippen LogP contribution in [0.25, 0.3) is 0 Å². The van der Waals surface area contributed by atoms with E-state index in [2.05, 4.69) is 10.6 Å². The van der Waals surface area contributed by atoms with Crippen LogP contribution in [0.5, 0.6) is 0 Å². The van der Waals surface area contributed by atoms with Crippen molar-refractivity contribution < 1.29 is 18.0 Å². The highest BCUT2D eigenvalue weighted by Crippen LogP contribution is 2.32. The van der Waals surface area contributed by atoms with Crippen LogP contribution in [0.15, 0.2) is 24.3 Å². The Kier molecular flexibility index (Phi) is 4.88. The fourth-order valence-corrected chi connectivity index (χ4v) is 2.61. The van der Waals surface area contributed by atoms with Crippen molar-refractivity contribution in [3.05, 3.63) is 35.4 Å². The van der Waals surface area contributed by atoms with Gasteiger partial charge in [0.15, 0.2) is 0 Å². The minimum absolute atomic E-state index is 0.0177. The molecule has 21 heavy (non-hydrogen) atoms. The zero-order valence-electron chi connectivity index (χ0n) is 11.8. The van der Waals surface area contributed by atoms with E-state index in [4.69, 9.17) is 0 Å². The van der Waals surface area contributed by atoms with Crippen molar-refractivity contribution in [2.24, 2.45) is 5.92 Å². The molecular formula is C15H19F3N2O. The number of carbonyl (C=O) groups is 1. The standard InChI is InChI=1S/C15H19F3N2O/c1-10-9-19-7-6-13(10)20-14(21)8-11-4-2-3-5-12(11)15(16,17)18/h2-5,10,13,19H,6-9H2,1H3,(H,20,21). The zero-order valence-corrected chi connectivity index (χ0v) is 11.8. The fourth-order valence-electron chi connectivity index (χ4n) is 2.61. The van der Waals surface area contributed by atoms with E-state index >= 15 is 0 Å². The van der Waals surface area contributed by atoms with Gasteiger partial charge in [-0.15, -0.1) is 0 Å². The van der Waals surface area contributed by atoms with Crippen LogP contribution in [0.4, 0.5) is 13.2 Å². The van der Waals surface area contributed by atoms with Gasteiger partial charge in [0, 0.05) is 6.04 Å². The summed E-state index contributed by atoms with van der Waals surface area (Å²) in [4.78, 5) is 12.0. The lowest BCUT2D eigenvalue weighted by atomic mass is 9.95. The maximum atomic E-state index is 12.9. The van der Waals surface area contributed by atoms with Gasteiger partial charge in [-0.2, -0.15) is 13.2 Å². The average Bonchev–Trinajstić information content (AvgIpc) is 2.41. The van der Waals surface area contributed by atoms with Gasteiger partial charge in [-0.1, -0.05) is 25.1 Å². The number of piperidine rings is 1. The third-order valence-corrected chi connectivity index (χ3v) is 3.81. The van der Waals surface area contributed by atoms with Crippen molar-refractivity contribution in [1.82, 2.24) is 10.6 Å². The predicted molar refractivity (Wildman–Crippen MR) is 73.7 cm³/mol. The van der Waals surface area contributed by atoms with Gasteiger partial charge in [0.1, 0.15) is 0 Å². The number of rotatable bonds is 3. The molecule has 2 unspecified atom stereocenters. The molecule has 1 aliphatic rings. The molecule has 1 amide bonds. The second kappa shape index (κ2) is 6.47. The highest BCUT2D eigenvalue weighted by Gasteiger charge is 2.33. The molecule has 0 bridgehead atoms. The van der Waals surface area contributed by atoms with Crippen LogP contribution in [0.2, 0.25) is 0 Å². The average molecular weight is 300 g/mol. The molecule has 0 saturated carbocycles. The Bertz CT molecular complexity index is 502. The molecular weight excluding hydrogens is 281 g/mol. The third kappa shape index (κ3) is 4.20. The van der Waals surface area contributed by atoms with Gasteiger partial charge in [-0.05, 0) is 37.1 Å². The first kappa shape index (κ1) is 15.8.